The smallest absolute Gasteiger partial charge is 0.222 e. The number of H-pyrrole nitrogens is 1. The Bertz CT molecular complexity index is 952. The Morgan fingerprint density at radius 2 is 1.76 bits per heavy atom. The Morgan fingerprint density at radius 3 is 2.48 bits per heavy atom. The van der Waals surface area contributed by atoms with Gasteiger partial charge in [0.1, 0.15) is 0 Å². The van der Waals surface area contributed by atoms with Crippen LogP contribution >= 0.6 is 15.9 Å². The Hall–Kier alpha value is -2.73. The molecule has 0 atom stereocenters. The third kappa shape index (κ3) is 6.12. The number of aryl methyl sites for hydroxylation is 1. The van der Waals surface area contributed by atoms with Gasteiger partial charge in [0.15, 0.2) is 5.78 Å². The normalized spacial score (nSPS) is 10.7. The van der Waals surface area contributed by atoms with Gasteiger partial charge in [-0.3, -0.25) is 14.7 Å². The summed E-state index contributed by atoms with van der Waals surface area (Å²) in [5.74, 6) is -0.0183. The molecule has 3 rings (SSSR count). The van der Waals surface area contributed by atoms with E-state index in [1.807, 2.05) is 48.5 Å². The van der Waals surface area contributed by atoms with Gasteiger partial charge in [0, 0.05) is 47.7 Å². The summed E-state index contributed by atoms with van der Waals surface area (Å²) in [5, 5.41) is 7.42. The van der Waals surface area contributed by atoms with Crippen LogP contribution in [0.15, 0.2) is 65.1 Å². The maximum Gasteiger partial charge on any atom is 0.222 e. The molecule has 1 amide bonds. The molecule has 29 heavy (non-hydrogen) atoms. The van der Waals surface area contributed by atoms with Crippen LogP contribution in [0.25, 0.3) is 11.3 Å². The van der Waals surface area contributed by atoms with Crippen molar-refractivity contribution in [2.75, 3.05) is 13.6 Å². The van der Waals surface area contributed by atoms with E-state index in [4.69, 9.17) is 0 Å². The van der Waals surface area contributed by atoms with Crippen molar-refractivity contribution in [2.45, 2.75) is 25.7 Å². The number of nitrogens with one attached hydrogen (secondary N) is 1. The highest BCUT2D eigenvalue weighted by Crippen LogP contribution is 2.17. The van der Waals surface area contributed by atoms with E-state index >= 15 is 0 Å². The summed E-state index contributed by atoms with van der Waals surface area (Å²) >= 11 is 3.35. The van der Waals surface area contributed by atoms with E-state index < -0.39 is 0 Å². The molecule has 0 saturated heterocycles. The second kappa shape index (κ2) is 10.2. The van der Waals surface area contributed by atoms with E-state index in [1.165, 1.54) is 0 Å². The lowest BCUT2D eigenvalue weighted by Crippen LogP contribution is -2.28. The molecule has 0 aliphatic carbocycles. The maximum atomic E-state index is 12.3. The molecule has 0 saturated carbocycles. The minimum absolute atomic E-state index is 0.00912. The predicted octanol–water partition coefficient (Wildman–Crippen LogP) is 4.89. The molecule has 1 N–H and O–H groups in total. The highest BCUT2D eigenvalue weighted by molar-refractivity contribution is 9.10. The molecular weight excluding hydrogens is 430 g/mol. The number of amides is 1. The van der Waals surface area contributed by atoms with E-state index in [2.05, 4.69) is 26.1 Å². The van der Waals surface area contributed by atoms with Crippen LogP contribution in [0.5, 0.6) is 0 Å². The van der Waals surface area contributed by atoms with Crippen LogP contribution < -0.4 is 0 Å². The average molecular weight is 454 g/mol. The van der Waals surface area contributed by atoms with Crippen LogP contribution in [0, 0.1) is 0 Å². The van der Waals surface area contributed by atoms with Crippen LogP contribution in [0.3, 0.4) is 0 Å². The maximum absolute atomic E-state index is 12.3. The number of aromatic nitrogens is 2. The van der Waals surface area contributed by atoms with Crippen molar-refractivity contribution in [1.29, 1.82) is 0 Å². The summed E-state index contributed by atoms with van der Waals surface area (Å²) in [5.41, 5.74) is 3.70. The Morgan fingerprint density at radius 1 is 1.03 bits per heavy atom. The van der Waals surface area contributed by atoms with Crippen molar-refractivity contribution in [3.63, 3.8) is 0 Å². The van der Waals surface area contributed by atoms with Crippen LogP contribution in [0.4, 0.5) is 0 Å². The SMILES string of the molecule is CN(CCCc1cc(-c2ccccc2)n[nH]1)C(=O)CCC(=O)c1ccc(Br)cc1. The van der Waals surface area contributed by atoms with Gasteiger partial charge in [-0.1, -0.05) is 58.4 Å². The highest BCUT2D eigenvalue weighted by Gasteiger charge is 2.13. The summed E-state index contributed by atoms with van der Waals surface area (Å²) in [6.07, 6.45) is 2.11. The number of hydrogen-bond acceptors (Lipinski definition) is 3. The van der Waals surface area contributed by atoms with Gasteiger partial charge in [-0.15, -0.1) is 0 Å². The van der Waals surface area contributed by atoms with Crippen molar-refractivity contribution in [1.82, 2.24) is 15.1 Å². The molecule has 0 unspecified atom stereocenters. The second-order valence-corrected chi connectivity index (χ2v) is 7.91. The van der Waals surface area contributed by atoms with Gasteiger partial charge in [0.25, 0.3) is 0 Å². The number of aromatic amines is 1. The molecule has 0 fully saturated rings. The first kappa shape index (κ1) is 21.0. The number of benzene rings is 2. The summed E-state index contributed by atoms with van der Waals surface area (Å²) < 4.78 is 0.929. The quantitative estimate of drug-likeness (QED) is 0.468. The second-order valence-electron chi connectivity index (χ2n) is 6.99. The first-order valence-electron chi connectivity index (χ1n) is 9.65. The Kier molecular flexibility index (Phi) is 7.36. The number of nitrogens with zero attached hydrogens (tertiary/aromatic N) is 2. The summed E-state index contributed by atoms with van der Waals surface area (Å²) in [7, 11) is 1.79. The molecule has 6 heteroatoms. The monoisotopic (exact) mass is 453 g/mol. The number of halogens is 1. The van der Waals surface area contributed by atoms with Crippen LogP contribution in [0.2, 0.25) is 0 Å². The fourth-order valence-corrected chi connectivity index (χ4v) is 3.33. The molecular formula is C23H24BrN3O2. The van der Waals surface area contributed by atoms with Gasteiger partial charge in [0.2, 0.25) is 5.91 Å². The van der Waals surface area contributed by atoms with Gasteiger partial charge >= 0.3 is 0 Å². The summed E-state index contributed by atoms with van der Waals surface area (Å²) in [6.45, 7) is 0.644. The predicted molar refractivity (Wildman–Crippen MR) is 118 cm³/mol. The lowest BCUT2D eigenvalue weighted by Gasteiger charge is -2.16. The highest BCUT2D eigenvalue weighted by atomic mass is 79.9. The van der Waals surface area contributed by atoms with Gasteiger partial charge in [-0.25, -0.2) is 0 Å². The molecule has 0 bridgehead atoms. The molecule has 5 nitrogen and oxygen atoms in total. The lowest BCUT2D eigenvalue weighted by molar-refractivity contribution is -0.129. The Labute approximate surface area is 179 Å². The molecule has 0 spiro atoms. The zero-order chi connectivity index (χ0) is 20.6. The Balaban J connectivity index is 1.40. The topological polar surface area (TPSA) is 66.1 Å². The fourth-order valence-electron chi connectivity index (χ4n) is 3.07. The zero-order valence-corrected chi connectivity index (χ0v) is 18.0. The van der Waals surface area contributed by atoms with E-state index in [-0.39, 0.29) is 24.5 Å². The van der Waals surface area contributed by atoms with Crippen molar-refractivity contribution < 1.29 is 9.59 Å². The van der Waals surface area contributed by atoms with E-state index in [1.54, 1.807) is 24.1 Å². The number of carbonyl (C=O) groups is 2. The minimum Gasteiger partial charge on any atom is -0.346 e. The molecule has 2 aromatic carbocycles. The van der Waals surface area contributed by atoms with E-state index in [0.29, 0.717) is 12.1 Å². The number of hydrogen-bond donors (Lipinski definition) is 1. The van der Waals surface area contributed by atoms with Gasteiger partial charge < -0.3 is 4.90 Å². The standard InChI is InChI=1S/C23H24BrN3O2/c1-27(23(29)14-13-22(28)18-9-11-19(24)12-10-18)15-5-8-20-16-21(26-25-20)17-6-3-2-4-7-17/h2-4,6-7,9-12,16H,5,8,13-15H2,1H3,(H,25,26). The number of ketones is 1. The number of rotatable bonds is 9. The van der Waals surface area contributed by atoms with Crippen molar-refractivity contribution in [3.8, 4) is 11.3 Å². The number of Topliss-reactive ketones (excluding diaryl/α,β-unsaturated/α-hetero) is 1. The first-order chi connectivity index (χ1) is 14.0. The molecule has 0 aliphatic rings. The van der Waals surface area contributed by atoms with Crippen LogP contribution in [0.1, 0.15) is 35.3 Å². The van der Waals surface area contributed by atoms with Crippen LogP contribution in [-0.4, -0.2) is 40.4 Å². The third-order valence-electron chi connectivity index (χ3n) is 4.80. The largest absolute Gasteiger partial charge is 0.346 e. The number of carbonyl (C=O) groups excluding carboxylic acids is 2. The van der Waals surface area contributed by atoms with Gasteiger partial charge in [0.05, 0.1) is 5.69 Å². The lowest BCUT2D eigenvalue weighted by atomic mass is 10.1. The molecule has 1 heterocycles. The van der Waals surface area contributed by atoms with Crippen molar-refractivity contribution in [2.24, 2.45) is 0 Å². The molecule has 3 aromatic rings. The molecule has 1 aromatic heterocycles. The molecule has 150 valence electrons. The molecule has 0 aliphatic heterocycles. The third-order valence-corrected chi connectivity index (χ3v) is 5.33. The van der Waals surface area contributed by atoms with E-state index in [9.17, 15) is 9.59 Å². The van der Waals surface area contributed by atoms with Crippen molar-refractivity contribution >= 4 is 27.6 Å². The summed E-state index contributed by atoms with van der Waals surface area (Å²) in [4.78, 5) is 26.2. The van der Waals surface area contributed by atoms with Gasteiger partial charge in [-0.05, 0) is 31.0 Å². The fraction of sp³-hybridized carbons (Fsp3) is 0.261. The van der Waals surface area contributed by atoms with E-state index in [0.717, 1.165) is 34.3 Å². The average Bonchev–Trinajstić information content (AvgIpc) is 3.21. The van der Waals surface area contributed by atoms with Crippen LogP contribution in [-0.2, 0) is 11.2 Å². The minimum atomic E-state index is -0.00922. The zero-order valence-electron chi connectivity index (χ0n) is 16.4. The molecule has 0 radical (unpaired) electrons. The summed E-state index contributed by atoms with van der Waals surface area (Å²) in [6, 6.07) is 19.3. The first-order valence-corrected chi connectivity index (χ1v) is 10.4. The van der Waals surface area contributed by atoms with Gasteiger partial charge in [-0.2, -0.15) is 5.10 Å². The van der Waals surface area contributed by atoms with Crippen molar-refractivity contribution in [3.05, 3.63) is 76.4 Å².